The Labute approximate surface area is 142 Å². The van der Waals surface area contributed by atoms with Gasteiger partial charge in [-0.3, -0.25) is 19.1 Å². The van der Waals surface area contributed by atoms with Gasteiger partial charge >= 0.3 is 5.69 Å². The molecule has 1 N–H and O–H groups in total. The summed E-state index contributed by atoms with van der Waals surface area (Å²) in [6.07, 6.45) is 4.62. The number of ketones is 1. The molecule has 0 bridgehead atoms. The number of nitrogens with one attached hydrogen (secondary N) is 1. The van der Waals surface area contributed by atoms with Crippen molar-refractivity contribution in [3.8, 4) is 0 Å². The van der Waals surface area contributed by atoms with Gasteiger partial charge in [0.05, 0.1) is 11.6 Å². The number of hydrogen-bond acceptors (Lipinski definition) is 5. The first-order valence-corrected chi connectivity index (χ1v) is 8.31. The summed E-state index contributed by atoms with van der Waals surface area (Å²) in [4.78, 5) is 43.8. The second-order valence-electron chi connectivity index (χ2n) is 6.30. The summed E-state index contributed by atoms with van der Waals surface area (Å²) in [6.45, 7) is 2.39. The van der Waals surface area contributed by atoms with Crippen LogP contribution in [-0.2, 0) is 13.0 Å². The Morgan fingerprint density at radius 1 is 1.32 bits per heavy atom. The smallest absolute Gasteiger partial charge is 0.329 e. The van der Waals surface area contributed by atoms with Crippen LogP contribution in [0, 0.1) is 0 Å². The summed E-state index contributed by atoms with van der Waals surface area (Å²) in [5, 5.41) is 0.329. The lowest BCUT2D eigenvalue weighted by Gasteiger charge is -2.23. The van der Waals surface area contributed by atoms with Gasteiger partial charge in [-0.25, -0.2) is 9.78 Å². The third kappa shape index (κ3) is 2.43. The van der Waals surface area contributed by atoms with Crippen molar-refractivity contribution in [3.63, 3.8) is 0 Å². The molecule has 0 amide bonds. The molecule has 1 aliphatic rings. The van der Waals surface area contributed by atoms with Gasteiger partial charge in [-0.05, 0) is 30.5 Å². The molecule has 1 atom stereocenters. The van der Waals surface area contributed by atoms with E-state index in [-0.39, 0.29) is 11.7 Å². The lowest BCUT2D eigenvalue weighted by atomic mass is 9.81. The average Bonchev–Trinajstić information content (AvgIpc) is 3.12. The number of rotatable bonds is 3. The molecular weight excluding hydrogens is 322 g/mol. The third-order valence-electron chi connectivity index (χ3n) is 4.69. The molecule has 0 radical (unpaired) electrons. The van der Waals surface area contributed by atoms with E-state index < -0.39 is 11.2 Å². The number of Topliss-reactive ketones (excluding diaryl/α,β-unsaturated/α-hetero) is 1. The maximum absolute atomic E-state index is 12.6. The van der Waals surface area contributed by atoms with Crippen molar-refractivity contribution >= 4 is 16.8 Å². The lowest BCUT2D eigenvalue weighted by Crippen LogP contribution is -2.32. The number of carbonyl (C=O) groups excluding carboxylic acids is 1. The molecule has 3 heterocycles. The predicted molar refractivity (Wildman–Crippen MR) is 91.0 cm³/mol. The Bertz CT molecular complexity index is 1080. The van der Waals surface area contributed by atoms with Crippen LogP contribution in [0.15, 0.2) is 38.6 Å². The number of furan rings is 1. The quantitative estimate of drug-likeness (QED) is 0.787. The Balaban J connectivity index is 1.98. The van der Waals surface area contributed by atoms with Crippen molar-refractivity contribution in [2.24, 2.45) is 0 Å². The highest BCUT2D eigenvalue weighted by Gasteiger charge is 2.31. The molecule has 25 heavy (non-hydrogen) atoms. The molecule has 7 nitrogen and oxygen atoms in total. The molecule has 0 unspecified atom stereocenters. The van der Waals surface area contributed by atoms with Crippen LogP contribution >= 0.6 is 0 Å². The summed E-state index contributed by atoms with van der Waals surface area (Å²) in [5.41, 5.74) is 0.472. The maximum Gasteiger partial charge on any atom is 0.329 e. The first kappa shape index (κ1) is 15.6. The Morgan fingerprint density at radius 2 is 2.16 bits per heavy atom. The maximum atomic E-state index is 12.6. The van der Waals surface area contributed by atoms with Gasteiger partial charge in [-0.2, -0.15) is 0 Å². The summed E-state index contributed by atoms with van der Waals surface area (Å²) in [7, 11) is 0. The van der Waals surface area contributed by atoms with E-state index in [1.807, 2.05) is 13.0 Å². The van der Waals surface area contributed by atoms with E-state index >= 15 is 0 Å². The number of H-pyrrole nitrogens is 1. The van der Waals surface area contributed by atoms with E-state index in [0.29, 0.717) is 41.5 Å². The van der Waals surface area contributed by atoms with Crippen LogP contribution in [0.3, 0.4) is 0 Å². The van der Waals surface area contributed by atoms with Gasteiger partial charge < -0.3 is 4.42 Å². The zero-order valence-corrected chi connectivity index (χ0v) is 13.7. The van der Waals surface area contributed by atoms with Crippen LogP contribution in [-0.4, -0.2) is 20.3 Å². The van der Waals surface area contributed by atoms with Gasteiger partial charge in [-0.15, -0.1) is 0 Å². The molecular formula is C18H17N3O4. The van der Waals surface area contributed by atoms with E-state index in [2.05, 4.69) is 9.97 Å². The SMILES string of the molecule is CCCn1c(=O)[nH]c(=O)c2c3c(cnc21)C(=O)C[C@H](c1ccco1)C3. The monoisotopic (exact) mass is 339 g/mol. The minimum atomic E-state index is -0.496. The fourth-order valence-corrected chi connectivity index (χ4v) is 3.56. The zero-order valence-electron chi connectivity index (χ0n) is 13.7. The van der Waals surface area contributed by atoms with Crippen molar-refractivity contribution < 1.29 is 9.21 Å². The third-order valence-corrected chi connectivity index (χ3v) is 4.69. The van der Waals surface area contributed by atoms with Crippen LogP contribution in [0.2, 0.25) is 0 Å². The van der Waals surface area contributed by atoms with Gasteiger partial charge in [0.15, 0.2) is 5.78 Å². The number of aromatic nitrogens is 3. The lowest BCUT2D eigenvalue weighted by molar-refractivity contribution is 0.0960. The molecule has 1 aliphatic carbocycles. The van der Waals surface area contributed by atoms with Crippen LogP contribution in [0.25, 0.3) is 11.0 Å². The van der Waals surface area contributed by atoms with E-state index in [0.717, 1.165) is 12.2 Å². The van der Waals surface area contributed by atoms with Crippen molar-refractivity contribution in [3.05, 3.63) is 62.3 Å². The molecule has 0 aromatic carbocycles. The first-order chi connectivity index (χ1) is 12.1. The number of nitrogens with zero attached hydrogens (tertiary/aromatic N) is 2. The fourth-order valence-electron chi connectivity index (χ4n) is 3.56. The highest BCUT2D eigenvalue weighted by molar-refractivity contribution is 6.02. The van der Waals surface area contributed by atoms with E-state index in [1.165, 1.54) is 10.8 Å². The van der Waals surface area contributed by atoms with Gasteiger partial charge in [-0.1, -0.05) is 6.92 Å². The van der Waals surface area contributed by atoms with Gasteiger partial charge in [0.2, 0.25) is 0 Å². The van der Waals surface area contributed by atoms with Crippen LogP contribution in [0.4, 0.5) is 0 Å². The molecule has 0 fully saturated rings. The van der Waals surface area contributed by atoms with Gasteiger partial charge in [0.25, 0.3) is 5.56 Å². The number of aryl methyl sites for hydroxylation is 1. The van der Waals surface area contributed by atoms with Crippen LogP contribution in [0.5, 0.6) is 0 Å². The van der Waals surface area contributed by atoms with E-state index in [1.54, 1.807) is 12.3 Å². The van der Waals surface area contributed by atoms with Crippen LogP contribution < -0.4 is 11.2 Å². The number of fused-ring (bicyclic) bond motifs is 3. The number of hydrogen-bond donors (Lipinski definition) is 1. The van der Waals surface area contributed by atoms with Crippen molar-refractivity contribution in [2.75, 3.05) is 0 Å². The number of carbonyl (C=O) groups is 1. The molecule has 0 saturated carbocycles. The van der Waals surface area contributed by atoms with Crippen LogP contribution in [0.1, 0.15) is 47.4 Å². The molecule has 0 aliphatic heterocycles. The second-order valence-corrected chi connectivity index (χ2v) is 6.30. The number of aromatic amines is 1. The predicted octanol–water partition coefficient (Wildman–Crippen LogP) is 2.00. The van der Waals surface area contributed by atoms with Crippen molar-refractivity contribution in [1.82, 2.24) is 14.5 Å². The number of pyridine rings is 1. The largest absolute Gasteiger partial charge is 0.469 e. The highest BCUT2D eigenvalue weighted by atomic mass is 16.3. The summed E-state index contributed by atoms with van der Waals surface area (Å²) in [5.74, 6) is 0.540. The second kappa shape index (κ2) is 5.84. The minimum Gasteiger partial charge on any atom is -0.469 e. The molecule has 0 spiro atoms. The molecule has 128 valence electrons. The topological polar surface area (TPSA) is 98.0 Å². The molecule has 0 saturated heterocycles. The summed E-state index contributed by atoms with van der Waals surface area (Å²) >= 11 is 0. The van der Waals surface area contributed by atoms with Crippen molar-refractivity contribution in [1.29, 1.82) is 0 Å². The molecule has 3 aromatic heterocycles. The minimum absolute atomic E-state index is 0.0651. The molecule has 7 heteroatoms. The standard InChI is InChI=1S/C18H17N3O4/c1-2-5-21-16-15(17(23)20-18(21)24)11-7-10(14-4-3-6-25-14)8-13(22)12(11)9-19-16/h3-4,6,9-10H,2,5,7-8H2,1H3,(H,20,23,24)/t10-/m1/s1. The average molecular weight is 339 g/mol. The van der Waals surface area contributed by atoms with E-state index in [4.69, 9.17) is 4.42 Å². The molecule has 4 rings (SSSR count). The normalized spacial score (nSPS) is 17.0. The first-order valence-electron chi connectivity index (χ1n) is 8.31. The Morgan fingerprint density at radius 3 is 2.88 bits per heavy atom. The van der Waals surface area contributed by atoms with Gasteiger partial charge in [0.1, 0.15) is 11.4 Å². The fraction of sp³-hybridized carbons (Fsp3) is 0.333. The van der Waals surface area contributed by atoms with E-state index in [9.17, 15) is 14.4 Å². The Kier molecular flexibility index (Phi) is 3.63. The highest BCUT2D eigenvalue weighted by Crippen LogP contribution is 2.34. The summed E-state index contributed by atoms with van der Waals surface area (Å²) in [6, 6.07) is 3.62. The summed E-state index contributed by atoms with van der Waals surface area (Å²) < 4.78 is 6.91. The molecule has 3 aromatic rings. The van der Waals surface area contributed by atoms with Gasteiger partial charge in [0, 0.05) is 30.6 Å². The zero-order chi connectivity index (χ0) is 17.6. The van der Waals surface area contributed by atoms with Crippen molar-refractivity contribution in [2.45, 2.75) is 38.6 Å². The Hall–Kier alpha value is -2.96.